The maximum Gasteiger partial charge on any atom is 0.350 e. The molecule has 1 aliphatic rings. The van der Waals surface area contributed by atoms with E-state index in [1.165, 1.54) is 9.08 Å². The van der Waals surface area contributed by atoms with Crippen LogP contribution in [-0.2, 0) is 11.3 Å². The summed E-state index contributed by atoms with van der Waals surface area (Å²) in [5.74, 6) is 1.51. The zero-order valence-electron chi connectivity index (χ0n) is 18.9. The Labute approximate surface area is 190 Å². The van der Waals surface area contributed by atoms with Gasteiger partial charge in [0.05, 0.1) is 5.56 Å². The van der Waals surface area contributed by atoms with Gasteiger partial charge in [0.2, 0.25) is 11.7 Å². The Morgan fingerprint density at radius 1 is 1.12 bits per heavy atom. The lowest BCUT2D eigenvalue weighted by Crippen LogP contribution is -2.45. The number of likely N-dealkylation sites (tertiary alicyclic amines) is 1. The third-order valence-electron chi connectivity index (χ3n) is 6.08. The minimum Gasteiger partial charge on any atom is -0.341 e. The van der Waals surface area contributed by atoms with E-state index in [2.05, 4.69) is 29.1 Å². The Kier molecular flexibility index (Phi) is 5.32. The summed E-state index contributed by atoms with van der Waals surface area (Å²) in [5.41, 5.74) is 2.50. The van der Waals surface area contributed by atoms with Crippen LogP contribution in [0.5, 0.6) is 0 Å². The molecule has 0 bridgehead atoms. The largest absolute Gasteiger partial charge is 0.350 e. The number of aryl methyl sites for hydroxylation is 1. The molecular weight excluding hydrogens is 420 g/mol. The smallest absolute Gasteiger partial charge is 0.341 e. The number of carbonyl (C=O) groups excluding carboxylic acids is 1. The number of aromatic nitrogens is 5. The first-order chi connectivity index (χ1) is 15.9. The molecule has 0 unspecified atom stereocenters. The lowest BCUT2D eigenvalue weighted by atomic mass is 9.92. The van der Waals surface area contributed by atoms with Crippen LogP contribution in [0.3, 0.4) is 0 Å². The molecule has 3 aromatic heterocycles. The van der Waals surface area contributed by atoms with Crippen molar-refractivity contribution in [2.75, 3.05) is 13.1 Å². The van der Waals surface area contributed by atoms with Gasteiger partial charge in [-0.1, -0.05) is 48.8 Å². The molecule has 1 aliphatic heterocycles. The highest BCUT2D eigenvalue weighted by molar-refractivity contribution is 5.76. The standard InChI is InChI=1S/C24H26N6O3/c1-15-6-8-18(9-7-15)21-25-23(33-27-21)19-5-4-10-29-22(19)26-30(24(29)32)14-20(31)28-12-16(2)11-17(3)13-28/h4-10,16-17H,11-14H2,1-3H3/t16-,17+. The Morgan fingerprint density at radius 2 is 1.85 bits per heavy atom. The monoisotopic (exact) mass is 446 g/mol. The quantitative estimate of drug-likeness (QED) is 0.478. The van der Waals surface area contributed by atoms with E-state index in [-0.39, 0.29) is 24.0 Å². The van der Waals surface area contributed by atoms with Crippen LogP contribution >= 0.6 is 0 Å². The zero-order valence-corrected chi connectivity index (χ0v) is 18.9. The molecule has 4 aromatic rings. The second-order valence-electron chi connectivity index (χ2n) is 9.09. The fraction of sp³-hybridized carbons (Fsp3) is 0.375. The third-order valence-corrected chi connectivity index (χ3v) is 6.08. The van der Waals surface area contributed by atoms with Gasteiger partial charge in [-0.15, -0.1) is 5.10 Å². The van der Waals surface area contributed by atoms with Crippen molar-refractivity contribution in [3.8, 4) is 22.8 Å². The van der Waals surface area contributed by atoms with Gasteiger partial charge in [0.25, 0.3) is 5.89 Å². The molecule has 1 fully saturated rings. The Bertz CT molecular complexity index is 1360. The molecule has 4 heterocycles. The number of hydrogen-bond acceptors (Lipinski definition) is 6. The first-order valence-electron chi connectivity index (χ1n) is 11.2. The van der Waals surface area contributed by atoms with Crippen molar-refractivity contribution >= 4 is 11.6 Å². The van der Waals surface area contributed by atoms with Crippen molar-refractivity contribution < 1.29 is 9.32 Å². The first kappa shape index (κ1) is 21.1. The van der Waals surface area contributed by atoms with E-state index in [4.69, 9.17) is 4.52 Å². The van der Waals surface area contributed by atoms with E-state index < -0.39 is 0 Å². The van der Waals surface area contributed by atoms with Crippen molar-refractivity contribution in [2.24, 2.45) is 11.8 Å². The van der Waals surface area contributed by atoms with Gasteiger partial charge >= 0.3 is 5.69 Å². The van der Waals surface area contributed by atoms with Gasteiger partial charge in [0, 0.05) is 24.8 Å². The van der Waals surface area contributed by atoms with Crippen molar-refractivity contribution in [2.45, 2.75) is 33.7 Å². The predicted octanol–water partition coefficient (Wildman–Crippen LogP) is 3.03. The van der Waals surface area contributed by atoms with Crippen LogP contribution in [0.1, 0.15) is 25.8 Å². The summed E-state index contributed by atoms with van der Waals surface area (Å²) >= 11 is 0. The number of benzene rings is 1. The van der Waals surface area contributed by atoms with Crippen LogP contribution in [0.2, 0.25) is 0 Å². The molecule has 5 rings (SSSR count). The van der Waals surface area contributed by atoms with Gasteiger partial charge in [0.1, 0.15) is 6.54 Å². The minimum atomic E-state index is -0.378. The minimum absolute atomic E-state index is 0.0973. The number of rotatable bonds is 4. The van der Waals surface area contributed by atoms with E-state index in [0.29, 0.717) is 42.0 Å². The van der Waals surface area contributed by atoms with Crippen molar-refractivity contribution in [1.82, 2.24) is 29.2 Å². The van der Waals surface area contributed by atoms with Gasteiger partial charge in [-0.2, -0.15) is 4.98 Å². The first-order valence-corrected chi connectivity index (χ1v) is 11.2. The highest BCUT2D eigenvalue weighted by Crippen LogP contribution is 2.25. The van der Waals surface area contributed by atoms with E-state index >= 15 is 0 Å². The number of piperidine rings is 1. The van der Waals surface area contributed by atoms with Gasteiger partial charge in [-0.05, 0) is 37.3 Å². The van der Waals surface area contributed by atoms with Gasteiger partial charge in [-0.25, -0.2) is 13.9 Å². The second-order valence-corrected chi connectivity index (χ2v) is 9.09. The average Bonchev–Trinajstić information content (AvgIpc) is 3.39. The third kappa shape index (κ3) is 4.06. The Hall–Kier alpha value is -3.75. The number of amides is 1. The molecular formula is C24H26N6O3. The molecule has 170 valence electrons. The zero-order chi connectivity index (χ0) is 23.1. The van der Waals surface area contributed by atoms with Crippen LogP contribution in [0.25, 0.3) is 28.5 Å². The van der Waals surface area contributed by atoms with E-state index in [0.717, 1.165) is 17.5 Å². The number of carbonyl (C=O) groups is 1. The molecule has 1 saturated heterocycles. The number of nitrogens with zero attached hydrogens (tertiary/aromatic N) is 6. The fourth-order valence-corrected chi connectivity index (χ4v) is 4.56. The Morgan fingerprint density at radius 3 is 2.58 bits per heavy atom. The summed E-state index contributed by atoms with van der Waals surface area (Å²) in [6, 6.07) is 11.3. The SMILES string of the molecule is Cc1ccc(-c2noc(-c3cccn4c(=O)n(CC(=O)N5C[C@H](C)C[C@H](C)C5)nc34)n2)cc1. The normalized spacial score (nSPS) is 18.7. The fourth-order valence-electron chi connectivity index (χ4n) is 4.56. The highest BCUT2D eigenvalue weighted by atomic mass is 16.5. The Balaban J connectivity index is 1.45. The highest BCUT2D eigenvalue weighted by Gasteiger charge is 2.26. The maximum absolute atomic E-state index is 12.9. The average molecular weight is 447 g/mol. The molecule has 1 amide bonds. The van der Waals surface area contributed by atoms with Crippen molar-refractivity contribution in [3.05, 3.63) is 58.6 Å². The molecule has 9 nitrogen and oxygen atoms in total. The summed E-state index contributed by atoms with van der Waals surface area (Å²) in [4.78, 5) is 32.2. The predicted molar refractivity (Wildman–Crippen MR) is 122 cm³/mol. The summed E-state index contributed by atoms with van der Waals surface area (Å²) in [7, 11) is 0. The lowest BCUT2D eigenvalue weighted by molar-refractivity contribution is -0.134. The molecule has 0 saturated carbocycles. The summed E-state index contributed by atoms with van der Waals surface area (Å²) in [6.45, 7) is 7.62. The van der Waals surface area contributed by atoms with Gasteiger partial charge in [0.15, 0.2) is 5.65 Å². The molecule has 1 aromatic carbocycles. The number of hydrogen-bond donors (Lipinski definition) is 0. The van der Waals surface area contributed by atoms with Crippen LogP contribution in [0, 0.1) is 18.8 Å². The summed E-state index contributed by atoms with van der Waals surface area (Å²) < 4.78 is 8.10. The van der Waals surface area contributed by atoms with Crippen molar-refractivity contribution in [3.63, 3.8) is 0 Å². The molecule has 2 atom stereocenters. The summed E-state index contributed by atoms with van der Waals surface area (Å²) in [6.07, 6.45) is 2.73. The van der Waals surface area contributed by atoms with E-state index in [9.17, 15) is 9.59 Å². The van der Waals surface area contributed by atoms with Crippen LogP contribution in [0.15, 0.2) is 51.9 Å². The number of pyridine rings is 1. The molecule has 0 radical (unpaired) electrons. The van der Waals surface area contributed by atoms with Gasteiger partial charge < -0.3 is 9.42 Å². The molecule has 0 spiro atoms. The molecule has 33 heavy (non-hydrogen) atoms. The number of fused-ring (bicyclic) bond motifs is 1. The summed E-state index contributed by atoms with van der Waals surface area (Å²) in [5, 5.41) is 8.53. The molecule has 0 N–H and O–H groups in total. The topological polar surface area (TPSA) is 98.5 Å². The van der Waals surface area contributed by atoms with Gasteiger partial charge in [-0.3, -0.25) is 4.79 Å². The van der Waals surface area contributed by atoms with Crippen LogP contribution < -0.4 is 5.69 Å². The maximum atomic E-state index is 12.9. The van der Waals surface area contributed by atoms with Crippen LogP contribution in [0.4, 0.5) is 0 Å². The molecule has 0 aliphatic carbocycles. The molecule has 9 heteroatoms. The van der Waals surface area contributed by atoms with Crippen LogP contribution in [-0.4, -0.2) is 48.2 Å². The van der Waals surface area contributed by atoms with Crippen molar-refractivity contribution in [1.29, 1.82) is 0 Å². The van der Waals surface area contributed by atoms with E-state index in [1.54, 1.807) is 18.3 Å². The van der Waals surface area contributed by atoms with E-state index in [1.807, 2.05) is 36.1 Å². The second kappa shape index (κ2) is 8.31. The lowest BCUT2D eigenvalue weighted by Gasteiger charge is -2.34.